The van der Waals surface area contributed by atoms with Crippen molar-refractivity contribution in [3.05, 3.63) is 49.8 Å². The zero-order valence-electron chi connectivity index (χ0n) is 8.61. The van der Waals surface area contributed by atoms with Crippen LogP contribution in [-0.2, 0) is 6.54 Å². The molecule has 0 aromatic carbocycles. The van der Waals surface area contributed by atoms with Gasteiger partial charge in [0.15, 0.2) is 0 Å². The number of rotatable bonds is 3. The average Bonchev–Trinajstić information content (AvgIpc) is 2.72. The molecule has 88 valence electrons. The fraction of sp³-hybridized carbons (Fsp3) is 0.0909. The Balaban J connectivity index is 1.98. The van der Waals surface area contributed by atoms with Gasteiger partial charge in [0.25, 0.3) is 5.91 Å². The number of pyridine rings is 1. The molecule has 0 unspecified atom stereocenters. The van der Waals surface area contributed by atoms with E-state index >= 15 is 0 Å². The highest BCUT2D eigenvalue weighted by molar-refractivity contribution is 9.11. The number of nitrogens with zero attached hydrogens (tertiary/aromatic N) is 1. The summed E-state index contributed by atoms with van der Waals surface area (Å²) in [7, 11) is 0. The average molecular weight is 332 g/mol. The number of thiophene rings is 1. The number of halogens is 2. The first kappa shape index (κ1) is 12.5. The van der Waals surface area contributed by atoms with Gasteiger partial charge in [-0.15, -0.1) is 11.3 Å². The number of carbonyl (C=O) groups is 1. The molecule has 1 amide bonds. The van der Waals surface area contributed by atoms with Crippen molar-refractivity contribution in [2.45, 2.75) is 6.54 Å². The minimum Gasteiger partial charge on any atom is -0.346 e. The quantitative estimate of drug-likeness (QED) is 0.875. The van der Waals surface area contributed by atoms with Gasteiger partial charge in [-0.3, -0.25) is 4.79 Å². The lowest BCUT2D eigenvalue weighted by molar-refractivity contribution is 0.0946. The van der Waals surface area contributed by atoms with Crippen LogP contribution in [0.1, 0.15) is 15.4 Å². The SMILES string of the molecule is O=C(NCc1ccc(Br)s1)c1cccc(Cl)n1. The number of nitrogens with one attached hydrogen (secondary N) is 1. The second-order valence-corrected chi connectivity index (χ2v) is 6.17. The molecule has 0 bridgehead atoms. The molecule has 0 aliphatic heterocycles. The van der Waals surface area contributed by atoms with Gasteiger partial charge in [0.2, 0.25) is 0 Å². The minimum absolute atomic E-state index is 0.225. The Morgan fingerprint density at radius 2 is 2.24 bits per heavy atom. The highest BCUT2D eigenvalue weighted by Crippen LogP contribution is 2.21. The Morgan fingerprint density at radius 1 is 1.41 bits per heavy atom. The van der Waals surface area contributed by atoms with Crippen LogP contribution in [-0.4, -0.2) is 10.9 Å². The fourth-order valence-electron chi connectivity index (χ4n) is 1.24. The Morgan fingerprint density at radius 3 is 2.88 bits per heavy atom. The Hall–Kier alpha value is -0.910. The van der Waals surface area contributed by atoms with Crippen molar-refractivity contribution in [2.24, 2.45) is 0 Å². The first-order valence-corrected chi connectivity index (χ1v) is 6.79. The molecule has 0 fully saturated rings. The predicted molar refractivity (Wildman–Crippen MR) is 72.4 cm³/mol. The molecule has 0 saturated carbocycles. The first-order chi connectivity index (χ1) is 8.15. The van der Waals surface area contributed by atoms with E-state index in [2.05, 4.69) is 26.2 Å². The normalized spacial score (nSPS) is 10.2. The fourth-order valence-corrected chi connectivity index (χ4v) is 2.83. The third kappa shape index (κ3) is 3.52. The van der Waals surface area contributed by atoms with E-state index in [1.165, 1.54) is 0 Å². The van der Waals surface area contributed by atoms with Crippen LogP contribution in [0.4, 0.5) is 0 Å². The molecule has 2 rings (SSSR count). The van der Waals surface area contributed by atoms with Gasteiger partial charge >= 0.3 is 0 Å². The summed E-state index contributed by atoms with van der Waals surface area (Å²) in [6, 6.07) is 8.87. The molecule has 0 spiro atoms. The van der Waals surface area contributed by atoms with Gasteiger partial charge in [0.05, 0.1) is 10.3 Å². The van der Waals surface area contributed by atoms with E-state index < -0.39 is 0 Å². The molecule has 0 radical (unpaired) electrons. The van der Waals surface area contributed by atoms with Crippen molar-refractivity contribution < 1.29 is 4.79 Å². The molecule has 6 heteroatoms. The van der Waals surface area contributed by atoms with Gasteiger partial charge < -0.3 is 5.32 Å². The summed E-state index contributed by atoms with van der Waals surface area (Å²) in [5, 5.41) is 3.10. The van der Waals surface area contributed by atoms with Crippen LogP contribution in [0.25, 0.3) is 0 Å². The summed E-state index contributed by atoms with van der Waals surface area (Å²) in [4.78, 5) is 16.8. The molecule has 17 heavy (non-hydrogen) atoms. The molecular formula is C11H8BrClN2OS. The highest BCUT2D eigenvalue weighted by atomic mass is 79.9. The summed E-state index contributed by atoms with van der Waals surface area (Å²) in [6.07, 6.45) is 0. The molecule has 1 N–H and O–H groups in total. The Labute approximate surface area is 116 Å². The van der Waals surface area contributed by atoms with Crippen LogP contribution < -0.4 is 5.32 Å². The maximum absolute atomic E-state index is 11.7. The van der Waals surface area contributed by atoms with E-state index in [0.29, 0.717) is 17.4 Å². The molecule has 0 aliphatic rings. The van der Waals surface area contributed by atoms with Crippen molar-refractivity contribution >= 4 is 44.8 Å². The van der Waals surface area contributed by atoms with Gasteiger partial charge in [0, 0.05) is 4.88 Å². The van der Waals surface area contributed by atoms with Crippen molar-refractivity contribution in [2.75, 3.05) is 0 Å². The number of hydrogen-bond donors (Lipinski definition) is 1. The number of amides is 1. The standard InChI is InChI=1S/C11H8BrClN2OS/c12-9-5-4-7(17-9)6-14-11(16)8-2-1-3-10(13)15-8/h1-5H,6H2,(H,14,16). The van der Waals surface area contributed by atoms with Crippen LogP contribution >= 0.6 is 38.9 Å². The lowest BCUT2D eigenvalue weighted by Gasteiger charge is -2.02. The van der Waals surface area contributed by atoms with E-state index in [0.717, 1.165) is 8.66 Å². The minimum atomic E-state index is -0.225. The van der Waals surface area contributed by atoms with E-state index in [4.69, 9.17) is 11.6 Å². The van der Waals surface area contributed by atoms with E-state index in [1.807, 2.05) is 12.1 Å². The van der Waals surface area contributed by atoms with Crippen LogP contribution in [0.3, 0.4) is 0 Å². The summed E-state index contributed by atoms with van der Waals surface area (Å²) in [5.41, 5.74) is 0.327. The van der Waals surface area contributed by atoms with Gasteiger partial charge in [-0.1, -0.05) is 17.7 Å². The third-order valence-corrected chi connectivity index (χ3v) is 3.83. The first-order valence-electron chi connectivity index (χ1n) is 4.80. The Kier molecular flexibility index (Phi) is 4.15. The van der Waals surface area contributed by atoms with Gasteiger partial charge in [-0.25, -0.2) is 4.98 Å². The molecular weight excluding hydrogens is 324 g/mol. The molecule has 3 nitrogen and oxygen atoms in total. The largest absolute Gasteiger partial charge is 0.346 e. The Bertz CT molecular complexity index is 544. The highest BCUT2D eigenvalue weighted by Gasteiger charge is 2.07. The zero-order chi connectivity index (χ0) is 12.3. The molecule has 2 aromatic heterocycles. The lowest BCUT2D eigenvalue weighted by atomic mass is 10.3. The lowest BCUT2D eigenvalue weighted by Crippen LogP contribution is -2.23. The summed E-state index contributed by atoms with van der Waals surface area (Å²) < 4.78 is 1.04. The van der Waals surface area contributed by atoms with E-state index in [9.17, 15) is 4.79 Å². The third-order valence-electron chi connectivity index (χ3n) is 2.00. The predicted octanol–water partition coefficient (Wildman–Crippen LogP) is 3.49. The second-order valence-electron chi connectivity index (χ2n) is 3.23. The molecule has 2 aromatic rings. The molecule has 0 saturated heterocycles. The summed E-state index contributed by atoms with van der Waals surface area (Å²) in [6.45, 7) is 0.489. The summed E-state index contributed by atoms with van der Waals surface area (Å²) in [5.74, 6) is -0.225. The summed E-state index contributed by atoms with van der Waals surface area (Å²) >= 11 is 10.7. The van der Waals surface area contributed by atoms with Crippen molar-refractivity contribution in [3.8, 4) is 0 Å². The van der Waals surface area contributed by atoms with Crippen LogP contribution in [0, 0.1) is 0 Å². The maximum atomic E-state index is 11.7. The number of carbonyl (C=O) groups excluding carboxylic acids is 1. The van der Waals surface area contributed by atoms with Crippen LogP contribution in [0.5, 0.6) is 0 Å². The maximum Gasteiger partial charge on any atom is 0.270 e. The smallest absolute Gasteiger partial charge is 0.270 e. The van der Waals surface area contributed by atoms with Crippen molar-refractivity contribution in [1.29, 1.82) is 0 Å². The van der Waals surface area contributed by atoms with Crippen LogP contribution in [0.15, 0.2) is 34.1 Å². The van der Waals surface area contributed by atoms with Crippen LogP contribution in [0.2, 0.25) is 5.15 Å². The topological polar surface area (TPSA) is 42.0 Å². The van der Waals surface area contributed by atoms with E-state index in [1.54, 1.807) is 29.5 Å². The van der Waals surface area contributed by atoms with Gasteiger partial charge in [0.1, 0.15) is 10.8 Å². The molecule has 0 aliphatic carbocycles. The zero-order valence-corrected chi connectivity index (χ0v) is 11.8. The van der Waals surface area contributed by atoms with Crippen molar-refractivity contribution in [1.82, 2.24) is 10.3 Å². The van der Waals surface area contributed by atoms with Gasteiger partial charge in [-0.2, -0.15) is 0 Å². The molecule has 2 heterocycles. The monoisotopic (exact) mass is 330 g/mol. The number of hydrogen-bond acceptors (Lipinski definition) is 3. The van der Waals surface area contributed by atoms with Gasteiger partial charge in [-0.05, 0) is 40.2 Å². The second kappa shape index (κ2) is 5.62. The van der Waals surface area contributed by atoms with E-state index in [-0.39, 0.29) is 5.91 Å². The van der Waals surface area contributed by atoms with Crippen molar-refractivity contribution in [3.63, 3.8) is 0 Å². The molecule has 0 atom stereocenters. The number of aromatic nitrogens is 1.